The van der Waals surface area contributed by atoms with E-state index in [1.807, 2.05) is 24.3 Å². The zero-order chi connectivity index (χ0) is 18.7. The van der Waals surface area contributed by atoms with Gasteiger partial charge in [-0.15, -0.1) is 0 Å². The minimum Gasteiger partial charge on any atom is -0.381 e. The van der Waals surface area contributed by atoms with Crippen LogP contribution in [0.2, 0.25) is 0 Å². The van der Waals surface area contributed by atoms with Gasteiger partial charge in [-0.25, -0.2) is 8.78 Å². The van der Waals surface area contributed by atoms with Gasteiger partial charge in [0.05, 0.1) is 11.5 Å². The molecule has 1 aliphatic rings. The molecule has 0 aromatic heterocycles. The Morgan fingerprint density at radius 3 is 2.42 bits per heavy atom. The standard InChI is InChI=1S/C20H20BrF2NO2/c1-13(17-7-6-16(22)12-18(17)23)24-19(25)20(8-10-26-11-9-20)14-2-4-15(21)5-3-14/h2-7,12-13H,8-11H2,1H3,(H,24,25). The summed E-state index contributed by atoms with van der Waals surface area (Å²) in [5.41, 5.74) is 0.454. The highest BCUT2D eigenvalue weighted by atomic mass is 79.9. The van der Waals surface area contributed by atoms with Crippen molar-refractivity contribution < 1.29 is 18.3 Å². The first-order valence-corrected chi connectivity index (χ1v) is 9.31. The summed E-state index contributed by atoms with van der Waals surface area (Å²) in [6, 6.07) is 10.5. The SMILES string of the molecule is CC(NC(=O)C1(c2ccc(Br)cc2)CCOCC1)c1ccc(F)cc1F. The quantitative estimate of drug-likeness (QED) is 0.776. The molecular weight excluding hydrogens is 404 g/mol. The van der Waals surface area contributed by atoms with E-state index in [-0.39, 0.29) is 11.5 Å². The lowest BCUT2D eigenvalue weighted by atomic mass is 9.73. The zero-order valence-corrected chi connectivity index (χ0v) is 16.0. The second kappa shape index (κ2) is 7.84. The molecule has 138 valence electrons. The summed E-state index contributed by atoms with van der Waals surface area (Å²) < 4.78 is 33.6. The molecule has 0 saturated carbocycles. The molecule has 3 nitrogen and oxygen atoms in total. The Labute approximate surface area is 159 Å². The predicted octanol–water partition coefficient (Wildman–Crippen LogP) is 4.65. The fraction of sp³-hybridized carbons (Fsp3) is 0.350. The Bertz CT molecular complexity index is 789. The Kier molecular flexibility index (Phi) is 5.73. The van der Waals surface area contributed by atoms with Crippen LogP contribution in [0.4, 0.5) is 8.78 Å². The van der Waals surface area contributed by atoms with E-state index < -0.39 is 23.1 Å². The first-order valence-electron chi connectivity index (χ1n) is 8.52. The van der Waals surface area contributed by atoms with E-state index in [1.165, 1.54) is 12.1 Å². The second-order valence-corrected chi connectivity index (χ2v) is 7.48. The Hall–Kier alpha value is -1.79. The molecule has 2 aromatic rings. The fourth-order valence-electron chi connectivity index (χ4n) is 3.40. The van der Waals surface area contributed by atoms with Crippen LogP contribution in [-0.4, -0.2) is 19.1 Å². The maximum Gasteiger partial charge on any atom is 0.231 e. The second-order valence-electron chi connectivity index (χ2n) is 6.56. The minimum absolute atomic E-state index is 0.167. The lowest BCUT2D eigenvalue weighted by Gasteiger charge is -2.37. The Balaban J connectivity index is 1.87. The highest BCUT2D eigenvalue weighted by Gasteiger charge is 2.42. The highest BCUT2D eigenvalue weighted by Crippen LogP contribution is 2.36. The van der Waals surface area contributed by atoms with Gasteiger partial charge in [-0.2, -0.15) is 0 Å². The summed E-state index contributed by atoms with van der Waals surface area (Å²) >= 11 is 3.41. The van der Waals surface area contributed by atoms with E-state index in [0.29, 0.717) is 26.1 Å². The molecule has 2 aromatic carbocycles. The molecule has 1 amide bonds. The molecule has 0 bridgehead atoms. The van der Waals surface area contributed by atoms with Crippen LogP contribution >= 0.6 is 15.9 Å². The van der Waals surface area contributed by atoms with Gasteiger partial charge in [-0.1, -0.05) is 34.1 Å². The smallest absolute Gasteiger partial charge is 0.231 e. The van der Waals surface area contributed by atoms with Gasteiger partial charge in [-0.3, -0.25) is 4.79 Å². The van der Waals surface area contributed by atoms with Crippen molar-refractivity contribution in [2.45, 2.75) is 31.2 Å². The third kappa shape index (κ3) is 3.81. The molecule has 1 N–H and O–H groups in total. The molecule has 1 heterocycles. The van der Waals surface area contributed by atoms with Crippen molar-refractivity contribution in [2.24, 2.45) is 0 Å². The van der Waals surface area contributed by atoms with Crippen LogP contribution in [0, 0.1) is 11.6 Å². The van der Waals surface area contributed by atoms with E-state index in [9.17, 15) is 13.6 Å². The number of amides is 1. The number of nitrogens with one attached hydrogen (secondary N) is 1. The van der Waals surface area contributed by atoms with Gasteiger partial charge < -0.3 is 10.1 Å². The van der Waals surface area contributed by atoms with Gasteiger partial charge in [0.25, 0.3) is 0 Å². The third-order valence-electron chi connectivity index (χ3n) is 4.95. The van der Waals surface area contributed by atoms with Crippen molar-refractivity contribution in [3.05, 3.63) is 69.7 Å². The number of halogens is 3. The Morgan fingerprint density at radius 1 is 1.15 bits per heavy atom. The predicted molar refractivity (Wildman–Crippen MR) is 98.8 cm³/mol. The van der Waals surface area contributed by atoms with Gasteiger partial charge >= 0.3 is 0 Å². The number of rotatable bonds is 4. The molecule has 6 heteroatoms. The number of hydrogen-bond acceptors (Lipinski definition) is 2. The number of benzene rings is 2. The summed E-state index contributed by atoms with van der Waals surface area (Å²) in [4.78, 5) is 13.2. The van der Waals surface area contributed by atoms with Crippen molar-refractivity contribution in [1.82, 2.24) is 5.32 Å². The Morgan fingerprint density at radius 2 is 1.81 bits per heavy atom. The average Bonchev–Trinajstić information content (AvgIpc) is 2.62. The largest absolute Gasteiger partial charge is 0.381 e. The minimum atomic E-state index is -0.719. The zero-order valence-electron chi connectivity index (χ0n) is 14.4. The van der Waals surface area contributed by atoms with Crippen LogP contribution in [0.25, 0.3) is 0 Å². The molecule has 1 atom stereocenters. The van der Waals surface area contributed by atoms with E-state index in [0.717, 1.165) is 16.1 Å². The molecule has 0 radical (unpaired) electrons. The maximum atomic E-state index is 14.0. The van der Waals surface area contributed by atoms with E-state index in [2.05, 4.69) is 21.2 Å². The summed E-state index contributed by atoms with van der Waals surface area (Å²) in [5, 5.41) is 2.91. The van der Waals surface area contributed by atoms with Crippen LogP contribution < -0.4 is 5.32 Å². The maximum absolute atomic E-state index is 14.0. The van der Waals surface area contributed by atoms with Crippen LogP contribution in [0.5, 0.6) is 0 Å². The summed E-state index contributed by atoms with van der Waals surface area (Å²) in [6.45, 7) is 2.67. The first kappa shape index (κ1) is 19.0. The molecule has 1 fully saturated rings. The van der Waals surface area contributed by atoms with Crippen molar-refractivity contribution in [1.29, 1.82) is 0 Å². The van der Waals surface area contributed by atoms with Crippen molar-refractivity contribution in [3.8, 4) is 0 Å². The number of carbonyl (C=O) groups excluding carboxylic acids is 1. The van der Waals surface area contributed by atoms with E-state index in [1.54, 1.807) is 6.92 Å². The number of ether oxygens (including phenoxy) is 1. The van der Waals surface area contributed by atoms with Crippen LogP contribution in [0.1, 0.15) is 36.9 Å². The van der Waals surface area contributed by atoms with Crippen molar-refractivity contribution in [2.75, 3.05) is 13.2 Å². The van der Waals surface area contributed by atoms with Crippen LogP contribution in [-0.2, 0) is 14.9 Å². The lowest BCUT2D eigenvalue weighted by molar-refractivity contribution is -0.131. The van der Waals surface area contributed by atoms with Gasteiger partial charge in [0.2, 0.25) is 5.91 Å². The average molecular weight is 424 g/mol. The van der Waals surface area contributed by atoms with Gasteiger partial charge in [0, 0.05) is 29.3 Å². The lowest BCUT2D eigenvalue weighted by Crippen LogP contribution is -2.48. The van der Waals surface area contributed by atoms with Crippen LogP contribution in [0.3, 0.4) is 0 Å². The molecule has 1 saturated heterocycles. The summed E-state index contributed by atoms with van der Waals surface area (Å²) in [5.74, 6) is -1.47. The summed E-state index contributed by atoms with van der Waals surface area (Å²) in [6.07, 6.45) is 1.11. The fourth-order valence-corrected chi connectivity index (χ4v) is 3.67. The monoisotopic (exact) mass is 423 g/mol. The third-order valence-corrected chi connectivity index (χ3v) is 5.48. The number of carbonyl (C=O) groups is 1. The molecule has 3 rings (SSSR count). The van der Waals surface area contributed by atoms with E-state index in [4.69, 9.17) is 4.74 Å². The van der Waals surface area contributed by atoms with Crippen molar-refractivity contribution >= 4 is 21.8 Å². The van der Waals surface area contributed by atoms with Crippen molar-refractivity contribution in [3.63, 3.8) is 0 Å². The van der Waals surface area contributed by atoms with Gasteiger partial charge in [0.1, 0.15) is 11.6 Å². The van der Waals surface area contributed by atoms with Gasteiger partial charge in [0.15, 0.2) is 0 Å². The number of hydrogen-bond donors (Lipinski definition) is 1. The molecular formula is C20H20BrF2NO2. The van der Waals surface area contributed by atoms with E-state index >= 15 is 0 Å². The van der Waals surface area contributed by atoms with Gasteiger partial charge in [-0.05, 0) is 43.5 Å². The molecule has 0 aliphatic carbocycles. The molecule has 0 spiro atoms. The summed E-state index contributed by atoms with van der Waals surface area (Å²) in [7, 11) is 0. The highest BCUT2D eigenvalue weighted by molar-refractivity contribution is 9.10. The molecule has 1 aliphatic heterocycles. The molecule has 1 unspecified atom stereocenters. The molecule has 26 heavy (non-hydrogen) atoms. The van der Waals surface area contributed by atoms with Crippen LogP contribution in [0.15, 0.2) is 46.9 Å². The topological polar surface area (TPSA) is 38.3 Å². The first-order chi connectivity index (χ1) is 12.4. The normalized spacial score (nSPS) is 17.5.